The van der Waals surface area contributed by atoms with Crippen molar-refractivity contribution >= 4 is 17.7 Å². The molecule has 24 heavy (non-hydrogen) atoms. The molecule has 5 atom stereocenters. The van der Waals surface area contributed by atoms with E-state index in [1.54, 1.807) is 6.08 Å². The van der Waals surface area contributed by atoms with E-state index in [0.29, 0.717) is 0 Å². The molecule has 0 amide bonds. The van der Waals surface area contributed by atoms with Gasteiger partial charge in [-0.25, -0.2) is 0 Å². The number of carbonyl (C=O) groups excluding carboxylic acids is 3. The van der Waals surface area contributed by atoms with E-state index in [2.05, 4.69) is 0 Å². The number of hydrogen-bond acceptors (Lipinski definition) is 5. The highest BCUT2D eigenvalue weighted by Gasteiger charge is 2.72. The van der Waals surface area contributed by atoms with Crippen molar-refractivity contribution in [2.75, 3.05) is 0 Å². The van der Waals surface area contributed by atoms with Crippen LogP contribution in [0, 0.1) is 23.2 Å². The molecule has 0 aromatic carbocycles. The summed E-state index contributed by atoms with van der Waals surface area (Å²) in [4.78, 5) is 36.3. The Hall–Kier alpha value is -1.91. The van der Waals surface area contributed by atoms with Crippen LogP contribution < -0.4 is 0 Å². The molecule has 0 aromatic heterocycles. The predicted octanol–water partition coefficient (Wildman–Crippen LogP) is 2.60. The van der Waals surface area contributed by atoms with E-state index in [0.717, 1.165) is 11.1 Å². The maximum Gasteiger partial charge on any atom is 0.303 e. The number of hydrogen-bond donors (Lipinski definition) is 0. The SMILES string of the molecule is CC(=O)O[C@H]1C(C)(C)C2C3C(=O)C=C(C)C2[C@]1(OC(C)=O)C=C3C. The van der Waals surface area contributed by atoms with Crippen LogP contribution in [0.2, 0.25) is 0 Å². The fraction of sp³-hybridized carbons (Fsp3) is 0.632. The van der Waals surface area contributed by atoms with Crippen molar-refractivity contribution in [3.8, 4) is 0 Å². The van der Waals surface area contributed by atoms with E-state index in [1.807, 2.05) is 33.8 Å². The van der Waals surface area contributed by atoms with Crippen molar-refractivity contribution in [2.24, 2.45) is 23.2 Å². The molecule has 5 heteroatoms. The van der Waals surface area contributed by atoms with Gasteiger partial charge in [-0.15, -0.1) is 0 Å². The largest absolute Gasteiger partial charge is 0.457 e. The van der Waals surface area contributed by atoms with Crippen molar-refractivity contribution in [3.05, 3.63) is 23.3 Å². The van der Waals surface area contributed by atoms with Gasteiger partial charge in [-0.3, -0.25) is 14.4 Å². The zero-order chi connectivity index (χ0) is 18.0. The zero-order valence-electron chi connectivity index (χ0n) is 15.0. The number of esters is 2. The fourth-order valence-electron chi connectivity index (χ4n) is 5.40. The molecule has 5 nitrogen and oxygen atoms in total. The van der Waals surface area contributed by atoms with Gasteiger partial charge in [0, 0.05) is 31.1 Å². The van der Waals surface area contributed by atoms with E-state index in [9.17, 15) is 14.4 Å². The minimum absolute atomic E-state index is 0.0660. The molecular formula is C19H24O5. The van der Waals surface area contributed by atoms with Crippen LogP contribution in [-0.2, 0) is 23.9 Å². The summed E-state index contributed by atoms with van der Waals surface area (Å²) in [5.41, 5.74) is 0.214. The summed E-state index contributed by atoms with van der Waals surface area (Å²) in [5, 5.41) is 0. The Morgan fingerprint density at radius 3 is 2.25 bits per heavy atom. The maximum atomic E-state index is 12.6. The predicted molar refractivity (Wildman–Crippen MR) is 86.8 cm³/mol. The highest BCUT2D eigenvalue weighted by Crippen LogP contribution is 2.65. The number of carbonyl (C=O) groups is 3. The molecule has 3 aliphatic carbocycles. The third kappa shape index (κ3) is 2.03. The first-order valence-electron chi connectivity index (χ1n) is 8.30. The third-order valence-corrected chi connectivity index (χ3v) is 5.86. The Morgan fingerprint density at radius 1 is 1.08 bits per heavy atom. The third-order valence-electron chi connectivity index (χ3n) is 5.86. The Morgan fingerprint density at radius 2 is 1.71 bits per heavy atom. The van der Waals surface area contributed by atoms with Gasteiger partial charge in [0.15, 0.2) is 17.5 Å². The van der Waals surface area contributed by atoms with Crippen LogP contribution in [0.1, 0.15) is 41.5 Å². The van der Waals surface area contributed by atoms with E-state index in [4.69, 9.17) is 9.47 Å². The molecule has 0 N–H and O–H groups in total. The van der Waals surface area contributed by atoms with E-state index >= 15 is 0 Å². The average molecular weight is 332 g/mol. The number of rotatable bonds is 2. The Bertz CT molecular complexity index is 699. The molecule has 3 rings (SSSR count). The Labute approximate surface area is 142 Å². The first-order valence-corrected chi connectivity index (χ1v) is 8.30. The lowest BCUT2D eigenvalue weighted by Gasteiger charge is -2.45. The average Bonchev–Trinajstić information content (AvgIpc) is 2.53. The molecule has 0 aliphatic heterocycles. The smallest absolute Gasteiger partial charge is 0.303 e. The number of allylic oxidation sites excluding steroid dienone is 2. The molecule has 0 spiro atoms. The molecule has 1 saturated carbocycles. The molecule has 0 aromatic rings. The van der Waals surface area contributed by atoms with Gasteiger partial charge in [0.1, 0.15) is 0 Å². The van der Waals surface area contributed by atoms with E-state index < -0.39 is 29.1 Å². The van der Waals surface area contributed by atoms with Gasteiger partial charge in [-0.05, 0) is 31.9 Å². The van der Waals surface area contributed by atoms with Gasteiger partial charge in [0.25, 0.3) is 0 Å². The van der Waals surface area contributed by atoms with Crippen LogP contribution in [0.25, 0.3) is 0 Å². The summed E-state index contributed by atoms with van der Waals surface area (Å²) in [6, 6.07) is 0. The molecule has 3 aliphatic rings. The molecule has 0 heterocycles. The van der Waals surface area contributed by atoms with E-state index in [1.165, 1.54) is 13.8 Å². The fourth-order valence-corrected chi connectivity index (χ4v) is 5.40. The number of ketones is 1. The lowest BCUT2D eigenvalue weighted by atomic mass is 9.60. The van der Waals surface area contributed by atoms with Crippen molar-refractivity contribution < 1.29 is 23.9 Å². The van der Waals surface area contributed by atoms with Gasteiger partial charge < -0.3 is 9.47 Å². The lowest BCUT2D eigenvalue weighted by molar-refractivity contribution is -0.181. The van der Waals surface area contributed by atoms with E-state index in [-0.39, 0.29) is 23.5 Å². The first-order chi connectivity index (χ1) is 11.0. The topological polar surface area (TPSA) is 69.7 Å². The minimum Gasteiger partial charge on any atom is -0.457 e. The van der Waals surface area contributed by atoms with Crippen molar-refractivity contribution in [3.63, 3.8) is 0 Å². The summed E-state index contributed by atoms with van der Waals surface area (Å²) in [6.07, 6.45) is 2.89. The van der Waals surface area contributed by atoms with Gasteiger partial charge in [-0.1, -0.05) is 25.0 Å². The highest BCUT2D eigenvalue weighted by molar-refractivity contribution is 5.96. The second kappa shape index (κ2) is 5.04. The highest BCUT2D eigenvalue weighted by atomic mass is 16.6. The quantitative estimate of drug-likeness (QED) is 0.574. The summed E-state index contributed by atoms with van der Waals surface area (Å²) < 4.78 is 11.5. The summed E-state index contributed by atoms with van der Waals surface area (Å²) in [6.45, 7) is 10.5. The molecule has 0 radical (unpaired) electrons. The summed E-state index contributed by atoms with van der Waals surface area (Å²) in [5.74, 6) is -1.24. The van der Waals surface area contributed by atoms with Gasteiger partial charge >= 0.3 is 11.9 Å². The zero-order valence-corrected chi connectivity index (χ0v) is 15.0. The Balaban J connectivity index is 2.28. The van der Waals surface area contributed by atoms with Crippen LogP contribution in [-0.4, -0.2) is 29.4 Å². The second-order valence-corrected chi connectivity index (χ2v) is 7.92. The molecule has 4 bridgehead atoms. The summed E-state index contributed by atoms with van der Waals surface area (Å²) in [7, 11) is 0. The maximum absolute atomic E-state index is 12.6. The first kappa shape index (κ1) is 16.9. The minimum atomic E-state index is -1.05. The Kier molecular flexibility index (Phi) is 3.56. The van der Waals surface area contributed by atoms with Gasteiger partial charge in [0.2, 0.25) is 0 Å². The normalized spacial score (nSPS) is 39.0. The van der Waals surface area contributed by atoms with Crippen LogP contribution in [0.15, 0.2) is 23.3 Å². The molecule has 3 unspecified atom stereocenters. The molecule has 0 saturated heterocycles. The lowest BCUT2D eigenvalue weighted by Crippen LogP contribution is -2.52. The monoisotopic (exact) mass is 332 g/mol. The van der Waals surface area contributed by atoms with Gasteiger partial charge in [0.05, 0.1) is 0 Å². The molecular weight excluding hydrogens is 308 g/mol. The molecule has 130 valence electrons. The van der Waals surface area contributed by atoms with Crippen LogP contribution >= 0.6 is 0 Å². The number of ether oxygens (including phenoxy) is 2. The van der Waals surface area contributed by atoms with Crippen LogP contribution in [0.5, 0.6) is 0 Å². The second-order valence-electron chi connectivity index (χ2n) is 7.92. The van der Waals surface area contributed by atoms with Crippen LogP contribution in [0.4, 0.5) is 0 Å². The summed E-state index contributed by atoms with van der Waals surface area (Å²) >= 11 is 0. The van der Waals surface area contributed by atoms with Gasteiger partial charge in [-0.2, -0.15) is 0 Å². The molecule has 1 fully saturated rings. The standard InChI is InChI=1S/C19H24O5/c1-9-7-13(22)14-10(2)8-19(24-12(4)21)15(9)16(14)18(5,6)17(19)23-11(3)20/h7-8,14-17H,1-6H3/t14?,15?,16?,17-,19+/m0/s1. The van der Waals surface area contributed by atoms with Crippen molar-refractivity contribution in [1.82, 2.24) is 0 Å². The van der Waals surface area contributed by atoms with Crippen molar-refractivity contribution in [1.29, 1.82) is 0 Å². The van der Waals surface area contributed by atoms with Crippen molar-refractivity contribution in [2.45, 2.75) is 53.2 Å². The van der Waals surface area contributed by atoms with Crippen LogP contribution in [0.3, 0.4) is 0 Å².